The van der Waals surface area contributed by atoms with Crippen LogP contribution in [0.25, 0.3) is 99.8 Å². The van der Waals surface area contributed by atoms with E-state index >= 15 is 0 Å². The summed E-state index contributed by atoms with van der Waals surface area (Å²) in [5, 5.41) is 3.98. The van der Waals surface area contributed by atoms with Crippen LogP contribution in [0.4, 0.5) is 0 Å². The van der Waals surface area contributed by atoms with Crippen LogP contribution in [0.5, 0.6) is 11.5 Å². The maximum atomic E-state index is 9.54. The summed E-state index contributed by atoms with van der Waals surface area (Å²) in [4.78, 5) is 4.85. The van der Waals surface area contributed by atoms with Crippen molar-refractivity contribution in [3.63, 3.8) is 0 Å². The van der Waals surface area contributed by atoms with Crippen LogP contribution in [0, 0.1) is 17.7 Å². The van der Waals surface area contributed by atoms with E-state index in [0.29, 0.717) is 37.7 Å². The number of fused-ring (bicyclic) bond motifs is 7. The first-order chi connectivity index (χ1) is 38.1. The van der Waals surface area contributed by atoms with E-state index in [0.717, 1.165) is 60.6 Å². The Balaban J connectivity index is 1.08. The zero-order valence-corrected chi connectivity index (χ0v) is 39.3. The first kappa shape index (κ1) is 31.6. The second kappa shape index (κ2) is 16.5. The molecule has 4 aromatic heterocycles. The molecule has 332 valence electrons. The quantitative estimate of drug-likeness (QED) is 0.152. The molecule has 0 radical (unpaired) electrons. The molecule has 69 heavy (non-hydrogen) atoms. The van der Waals surface area contributed by atoms with E-state index in [4.69, 9.17) is 17.9 Å². The molecule has 0 unspecified atom stereocenters. The SMILES string of the molecule is [2H]c1c([2H])c([2H])c(-c2cc(-n3c4ccccc4c4ccccc43)cc(-c3c([2H])c([2H])c([2H])c([2H])c3[2H])c2-n2[c](=[Pt])n(-c3cccc(Oc4ccc5c6ccccc6n(-c6cc(C)c(C)cn6)c5c4)c3)c3ccccc32)c([2H])c1[2H]. The van der Waals surface area contributed by atoms with Crippen LogP contribution in [-0.4, -0.2) is 23.3 Å². The molecular weight excluding hydrogens is 1030 g/mol. The van der Waals surface area contributed by atoms with Gasteiger partial charge in [-0.25, -0.2) is 0 Å². The molecule has 13 rings (SSSR count). The van der Waals surface area contributed by atoms with Crippen molar-refractivity contribution in [3.8, 4) is 56.6 Å². The summed E-state index contributed by atoms with van der Waals surface area (Å²) in [5.74, 6) is 1.91. The van der Waals surface area contributed by atoms with E-state index in [9.17, 15) is 5.48 Å². The van der Waals surface area contributed by atoms with Gasteiger partial charge in [0.25, 0.3) is 0 Å². The zero-order valence-electron chi connectivity index (χ0n) is 47.0. The standard InChI is InChI=1S/C62H43N5O.Pt/c1-41-34-61(63-39-42(41)2)67-57-29-14-11-26-51(57)52-33-32-48(38-60(52)67)68-47-23-17-22-45(35-47)64-40-65(59-31-16-15-30-58(59)64)62-53(43-18-5-3-6-19-43)36-46(37-54(62)44-20-7-4-8-21-44)66-55-27-12-9-24-49(55)50-25-10-13-28-56(50)66;/h3-39H,1-2H3;/i3D,4D,5D,6D,7D,8D,18D,19D,20D,21D;. The van der Waals surface area contributed by atoms with E-state index in [1.54, 1.807) is 12.1 Å². The summed E-state index contributed by atoms with van der Waals surface area (Å²) < 4.78 is 107. The van der Waals surface area contributed by atoms with Crippen LogP contribution in [0.1, 0.15) is 24.8 Å². The number of imidazole rings is 1. The van der Waals surface area contributed by atoms with Crippen LogP contribution >= 0.6 is 0 Å². The molecule has 0 atom stereocenters. The number of para-hydroxylation sites is 5. The van der Waals surface area contributed by atoms with Gasteiger partial charge in [-0.15, -0.1) is 0 Å². The Hall–Kier alpha value is -8.31. The summed E-state index contributed by atoms with van der Waals surface area (Å²) in [6.45, 7) is 4.12. The van der Waals surface area contributed by atoms with Gasteiger partial charge in [-0.1, -0.05) is 12.1 Å². The number of rotatable bonds is 8. The van der Waals surface area contributed by atoms with Gasteiger partial charge in [0.05, 0.1) is 0 Å². The first-order valence-electron chi connectivity index (χ1n) is 27.4. The van der Waals surface area contributed by atoms with Gasteiger partial charge >= 0.3 is 382 Å². The summed E-state index contributed by atoms with van der Waals surface area (Å²) in [6, 6.07) is 45.5. The van der Waals surface area contributed by atoms with Crippen molar-refractivity contribution in [1.29, 1.82) is 0 Å². The monoisotopic (exact) mass is 1080 g/mol. The minimum absolute atomic E-state index is 0.141. The predicted octanol–water partition coefficient (Wildman–Crippen LogP) is 15.8. The van der Waals surface area contributed by atoms with Gasteiger partial charge in [0.1, 0.15) is 0 Å². The molecule has 0 aliphatic heterocycles. The van der Waals surface area contributed by atoms with Gasteiger partial charge in [0.2, 0.25) is 0 Å². The van der Waals surface area contributed by atoms with E-state index in [1.165, 1.54) is 0 Å². The summed E-state index contributed by atoms with van der Waals surface area (Å²) in [5.41, 5.74) is 8.43. The number of ether oxygens (including phenoxy) is 1. The molecule has 13 aromatic rings. The van der Waals surface area contributed by atoms with Gasteiger partial charge in [-0.2, -0.15) is 0 Å². The van der Waals surface area contributed by atoms with Crippen molar-refractivity contribution in [1.82, 2.24) is 23.3 Å². The van der Waals surface area contributed by atoms with Crippen LogP contribution in [0.15, 0.2) is 224 Å². The van der Waals surface area contributed by atoms with E-state index < -0.39 is 60.4 Å². The molecule has 7 heteroatoms. The Bertz CT molecular complexity index is 4640. The second-order valence-corrected chi connectivity index (χ2v) is 17.9. The van der Waals surface area contributed by atoms with Gasteiger partial charge in [-0.05, 0) is 25.0 Å². The van der Waals surface area contributed by atoms with Crippen LogP contribution in [-0.2, 0) is 19.4 Å². The Labute approximate surface area is 423 Å². The van der Waals surface area contributed by atoms with Crippen molar-refractivity contribution in [2.24, 2.45) is 0 Å². The van der Waals surface area contributed by atoms with Crippen molar-refractivity contribution >= 4 is 54.6 Å². The molecule has 0 fully saturated rings. The molecular formula is C62H43N5OPt. The fourth-order valence-electron chi connectivity index (χ4n) is 9.72. The Kier molecular flexibility index (Phi) is 7.55. The number of hydrogen-bond acceptors (Lipinski definition) is 2. The third kappa shape index (κ3) is 6.74. The maximum absolute atomic E-state index is 9.54. The Morgan fingerprint density at radius 3 is 1.55 bits per heavy atom. The number of benzene rings is 9. The van der Waals surface area contributed by atoms with Gasteiger partial charge in [0, 0.05) is 6.20 Å². The topological polar surface area (TPSA) is 41.8 Å². The molecule has 9 aromatic carbocycles. The Morgan fingerprint density at radius 2 is 0.957 bits per heavy atom. The average Bonchev–Trinajstić information content (AvgIpc) is 4.27. The molecule has 6 nitrogen and oxygen atoms in total. The second-order valence-electron chi connectivity index (χ2n) is 16.9. The third-order valence-corrected chi connectivity index (χ3v) is 14.0. The third-order valence-electron chi connectivity index (χ3n) is 12.9. The molecule has 0 saturated carbocycles. The number of nitrogens with zero attached hydrogens (tertiary/aromatic N) is 5. The average molecular weight is 1080 g/mol. The normalized spacial score (nSPS) is 13.7. The summed E-state index contributed by atoms with van der Waals surface area (Å²) in [6.07, 6.45) is 1.89. The molecule has 0 aliphatic rings. The number of pyridine rings is 1. The molecule has 0 bridgehead atoms. The van der Waals surface area contributed by atoms with Crippen LogP contribution in [0.2, 0.25) is 0 Å². The summed E-state index contributed by atoms with van der Waals surface area (Å²) in [7, 11) is 0. The summed E-state index contributed by atoms with van der Waals surface area (Å²) >= 11 is 2.20. The van der Waals surface area contributed by atoms with Crippen molar-refractivity contribution < 1.29 is 37.8 Å². The fourth-order valence-corrected chi connectivity index (χ4v) is 10.8. The van der Waals surface area contributed by atoms with Crippen LogP contribution < -0.4 is 4.74 Å². The van der Waals surface area contributed by atoms with E-state index in [1.807, 2.05) is 148 Å². The van der Waals surface area contributed by atoms with Gasteiger partial charge in [0.15, 0.2) is 0 Å². The minimum atomic E-state index is -0.577. The molecule has 4 heterocycles. The molecule has 0 N–H and O–H groups in total. The molecule has 0 amide bonds. The van der Waals surface area contributed by atoms with E-state index in [2.05, 4.69) is 55.1 Å². The molecule has 0 aliphatic carbocycles. The predicted molar refractivity (Wildman–Crippen MR) is 279 cm³/mol. The fraction of sp³-hybridized carbons (Fsp3) is 0.0323. The van der Waals surface area contributed by atoms with Gasteiger partial charge < -0.3 is 0 Å². The first-order valence-corrected chi connectivity index (χ1v) is 23.5. The molecule has 0 saturated heterocycles. The van der Waals surface area contributed by atoms with Crippen molar-refractivity contribution in [2.75, 3.05) is 0 Å². The number of hydrogen-bond donors (Lipinski definition) is 0. The van der Waals surface area contributed by atoms with E-state index in [-0.39, 0.29) is 27.9 Å². The number of aromatic nitrogens is 5. The van der Waals surface area contributed by atoms with Crippen molar-refractivity contribution in [2.45, 2.75) is 13.8 Å². The van der Waals surface area contributed by atoms with Gasteiger partial charge in [-0.3, -0.25) is 0 Å². The molecule has 0 spiro atoms. The number of aryl methyl sites for hydroxylation is 2. The van der Waals surface area contributed by atoms with Crippen molar-refractivity contribution in [3.05, 3.63) is 239 Å². The van der Waals surface area contributed by atoms with Crippen LogP contribution in [0.3, 0.4) is 0 Å². The zero-order chi connectivity index (χ0) is 54.9. The Morgan fingerprint density at radius 1 is 0.435 bits per heavy atom.